The van der Waals surface area contributed by atoms with Crippen LogP contribution in [0.25, 0.3) is 0 Å². The van der Waals surface area contributed by atoms with Crippen molar-refractivity contribution < 1.29 is 18.3 Å². The van der Waals surface area contributed by atoms with Gasteiger partial charge in [0.2, 0.25) is 0 Å². The van der Waals surface area contributed by atoms with Gasteiger partial charge in [-0.05, 0) is 25.1 Å². The first kappa shape index (κ1) is 16.6. The molecule has 0 aliphatic heterocycles. The van der Waals surface area contributed by atoms with Gasteiger partial charge in [0, 0.05) is 23.3 Å². The highest BCUT2D eigenvalue weighted by molar-refractivity contribution is 6.31. The van der Waals surface area contributed by atoms with Crippen molar-refractivity contribution in [2.24, 2.45) is 0 Å². The van der Waals surface area contributed by atoms with E-state index in [1.165, 1.54) is 6.07 Å². The van der Waals surface area contributed by atoms with Gasteiger partial charge in [0.25, 0.3) is 0 Å². The lowest BCUT2D eigenvalue weighted by molar-refractivity contribution is -0.137. The third-order valence-corrected chi connectivity index (χ3v) is 3.49. The molecular weight excluding hydrogens is 317 g/mol. The van der Waals surface area contributed by atoms with E-state index in [-0.39, 0.29) is 12.4 Å². The largest absolute Gasteiger partial charge is 0.417 e. The molecule has 2 aromatic rings. The van der Waals surface area contributed by atoms with Crippen molar-refractivity contribution in [3.63, 3.8) is 0 Å². The average molecular weight is 331 g/mol. The second-order valence-electron chi connectivity index (χ2n) is 5.04. The molecule has 1 unspecified atom stereocenters. The minimum Gasteiger partial charge on any atom is -0.384 e. The topological polar surface area (TPSA) is 45.1 Å². The maximum atomic E-state index is 12.4. The fourth-order valence-electron chi connectivity index (χ4n) is 1.92. The fourth-order valence-corrected chi connectivity index (χ4v) is 2.26. The molecule has 3 nitrogen and oxygen atoms in total. The van der Waals surface area contributed by atoms with Crippen molar-refractivity contribution in [3.05, 3.63) is 58.7 Å². The van der Waals surface area contributed by atoms with E-state index in [1.54, 1.807) is 31.2 Å². The van der Waals surface area contributed by atoms with Crippen molar-refractivity contribution in [2.45, 2.75) is 18.7 Å². The van der Waals surface area contributed by atoms with Crippen LogP contribution >= 0.6 is 11.6 Å². The lowest BCUT2D eigenvalue weighted by Crippen LogP contribution is -2.31. The molecule has 1 aromatic carbocycles. The Morgan fingerprint density at radius 2 is 1.86 bits per heavy atom. The molecule has 118 valence electrons. The van der Waals surface area contributed by atoms with E-state index in [4.69, 9.17) is 11.6 Å². The van der Waals surface area contributed by atoms with Gasteiger partial charge in [-0.2, -0.15) is 13.2 Å². The second kappa shape index (κ2) is 6.14. The number of hydrogen-bond acceptors (Lipinski definition) is 3. The summed E-state index contributed by atoms with van der Waals surface area (Å²) in [5.74, 6) is 0.236. The summed E-state index contributed by atoms with van der Waals surface area (Å²) in [6, 6.07) is 8.97. The van der Waals surface area contributed by atoms with E-state index in [2.05, 4.69) is 10.3 Å². The van der Waals surface area contributed by atoms with Gasteiger partial charge < -0.3 is 10.4 Å². The molecule has 1 atom stereocenters. The highest BCUT2D eigenvalue weighted by Gasteiger charge is 2.31. The van der Waals surface area contributed by atoms with Crippen LogP contribution in [-0.4, -0.2) is 16.6 Å². The molecule has 7 heteroatoms. The minimum atomic E-state index is -4.42. The molecule has 22 heavy (non-hydrogen) atoms. The molecule has 0 bridgehead atoms. The van der Waals surface area contributed by atoms with Gasteiger partial charge in [-0.15, -0.1) is 0 Å². The number of rotatable bonds is 4. The van der Waals surface area contributed by atoms with Crippen LogP contribution in [0.3, 0.4) is 0 Å². The number of halogens is 4. The summed E-state index contributed by atoms with van der Waals surface area (Å²) in [4.78, 5) is 3.69. The standard InChI is InChI=1S/C15H14ClF3N2O/c1-14(22,11-4-2-3-5-12(11)16)9-21-13-7-6-10(8-20-13)15(17,18)19/h2-8,22H,9H2,1H3,(H,20,21). The Labute approximate surface area is 130 Å². The molecule has 0 radical (unpaired) electrons. The maximum absolute atomic E-state index is 12.4. The van der Waals surface area contributed by atoms with E-state index in [9.17, 15) is 18.3 Å². The van der Waals surface area contributed by atoms with Crippen LogP contribution in [0.4, 0.5) is 19.0 Å². The molecule has 0 spiro atoms. The summed E-state index contributed by atoms with van der Waals surface area (Å²) in [5, 5.41) is 13.7. The van der Waals surface area contributed by atoms with Gasteiger partial charge >= 0.3 is 6.18 Å². The van der Waals surface area contributed by atoms with Crippen molar-refractivity contribution in [3.8, 4) is 0 Å². The van der Waals surface area contributed by atoms with Crippen LogP contribution in [0.1, 0.15) is 18.1 Å². The average Bonchev–Trinajstić information content (AvgIpc) is 2.45. The number of nitrogens with one attached hydrogen (secondary N) is 1. The summed E-state index contributed by atoms with van der Waals surface area (Å²) in [6.07, 6.45) is -3.68. The summed E-state index contributed by atoms with van der Waals surface area (Å²) in [6.45, 7) is 1.61. The van der Waals surface area contributed by atoms with Crippen LogP contribution in [0, 0.1) is 0 Å². The SMILES string of the molecule is CC(O)(CNc1ccc(C(F)(F)F)cn1)c1ccccc1Cl. The first-order valence-corrected chi connectivity index (χ1v) is 6.82. The molecule has 2 rings (SSSR count). The molecule has 0 amide bonds. The van der Waals surface area contributed by atoms with E-state index in [1.807, 2.05) is 0 Å². The van der Waals surface area contributed by atoms with Crippen molar-refractivity contribution in [1.29, 1.82) is 0 Å². The fraction of sp³-hybridized carbons (Fsp3) is 0.267. The van der Waals surface area contributed by atoms with E-state index >= 15 is 0 Å². The molecule has 0 aliphatic rings. The lowest BCUT2D eigenvalue weighted by Gasteiger charge is -2.25. The summed E-state index contributed by atoms with van der Waals surface area (Å²) in [7, 11) is 0. The first-order chi connectivity index (χ1) is 10.2. The molecule has 1 aromatic heterocycles. The van der Waals surface area contributed by atoms with Gasteiger partial charge in [-0.1, -0.05) is 29.8 Å². The number of benzene rings is 1. The van der Waals surface area contributed by atoms with Crippen LogP contribution in [-0.2, 0) is 11.8 Å². The van der Waals surface area contributed by atoms with Gasteiger partial charge in [0.15, 0.2) is 0 Å². The van der Waals surface area contributed by atoms with Crippen molar-refractivity contribution in [2.75, 3.05) is 11.9 Å². The summed E-state index contributed by atoms with van der Waals surface area (Å²) in [5.41, 5.74) is -1.59. The lowest BCUT2D eigenvalue weighted by atomic mass is 9.96. The van der Waals surface area contributed by atoms with E-state index < -0.39 is 17.3 Å². The zero-order valence-corrected chi connectivity index (χ0v) is 12.4. The summed E-state index contributed by atoms with van der Waals surface area (Å²) < 4.78 is 37.3. The molecule has 1 heterocycles. The Hall–Kier alpha value is -1.79. The highest BCUT2D eigenvalue weighted by Crippen LogP contribution is 2.30. The number of alkyl halides is 3. The third-order valence-electron chi connectivity index (χ3n) is 3.16. The Balaban J connectivity index is 2.08. The molecule has 0 saturated carbocycles. The number of anilines is 1. The molecule has 0 aliphatic carbocycles. The van der Waals surface area contributed by atoms with Gasteiger partial charge in [-0.25, -0.2) is 4.98 Å². The number of aromatic nitrogens is 1. The minimum absolute atomic E-state index is 0.0507. The molecule has 0 fully saturated rings. The maximum Gasteiger partial charge on any atom is 0.417 e. The number of aliphatic hydroxyl groups is 1. The smallest absolute Gasteiger partial charge is 0.384 e. The van der Waals surface area contributed by atoms with Crippen molar-refractivity contribution in [1.82, 2.24) is 4.98 Å². The molecule has 2 N–H and O–H groups in total. The van der Waals surface area contributed by atoms with Gasteiger partial charge in [0.1, 0.15) is 11.4 Å². The highest BCUT2D eigenvalue weighted by atomic mass is 35.5. The van der Waals surface area contributed by atoms with Crippen LogP contribution in [0.5, 0.6) is 0 Å². The van der Waals surface area contributed by atoms with Crippen LogP contribution < -0.4 is 5.32 Å². The first-order valence-electron chi connectivity index (χ1n) is 6.45. The second-order valence-corrected chi connectivity index (χ2v) is 5.44. The van der Waals surface area contributed by atoms with Crippen molar-refractivity contribution >= 4 is 17.4 Å². The number of pyridine rings is 1. The number of nitrogens with zero attached hydrogens (tertiary/aromatic N) is 1. The zero-order chi connectivity index (χ0) is 16.4. The quantitative estimate of drug-likeness (QED) is 0.888. The van der Waals surface area contributed by atoms with Crippen LogP contribution in [0.15, 0.2) is 42.6 Å². The molecule has 0 saturated heterocycles. The summed E-state index contributed by atoms with van der Waals surface area (Å²) >= 11 is 6.03. The normalized spacial score (nSPS) is 14.5. The number of hydrogen-bond donors (Lipinski definition) is 2. The van der Waals surface area contributed by atoms with Gasteiger partial charge in [-0.3, -0.25) is 0 Å². The van der Waals surface area contributed by atoms with E-state index in [0.29, 0.717) is 10.6 Å². The van der Waals surface area contributed by atoms with E-state index in [0.717, 1.165) is 12.3 Å². The third kappa shape index (κ3) is 3.90. The van der Waals surface area contributed by atoms with Crippen LogP contribution in [0.2, 0.25) is 5.02 Å². The Morgan fingerprint density at radius 1 is 1.18 bits per heavy atom. The Bertz CT molecular complexity index is 642. The predicted molar refractivity (Wildman–Crippen MR) is 78.8 cm³/mol. The Kier molecular flexibility index (Phi) is 4.63. The molecular formula is C15H14ClF3N2O. The monoisotopic (exact) mass is 330 g/mol. The Morgan fingerprint density at radius 3 is 2.41 bits per heavy atom. The zero-order valence-electron chi connectivity index (χ0n) is 11.7. The van der Waals surface area contributed by atoms with Gasteiger partial charge in [0.05, 0.1) is 5.56 Å². The predicted octanol–water partition coefficient (Wildman–Crippen LogP) is 4.07.